The van der Waals surface area contributed by atoms with Crippen LogP contribution in [0.2, 0.25) is 0 Å². The fourth-order valence-corrected chi connectivity index (χ4v) is 1.94. The van der Waals surface area contributed by atoms with E-state index in [1.807, 2.05) is 0 Å². The molecule has 4 nitrogen and oxygen atoms in total. The SMILES string of the molecule is O=C(c1ccc2ccccc2n1)N(CCO)CC(F)(F)F. The Bertz CT molecular complexity index is 643. The van der Waals surface area contributed by atoms with E-state index in [-0.39, 0.29) is 5.69 Å². The van der Waals surface area contributed by atoms with Crippen LogP contribution in [0.1, 0.15) is 10.5 Å². The molecule has 2 aromatic rings. The summed E-state index contributed by atoms with van der Waals surface area (Å²) in [7, 11) is 0. The minimum absolute atomic E-state index is 0.0774. The number of alkyl halides is 3. The number of hydrogen-bond donors (Lipinski definition) is 1. The van der Waals surface area contributed by atoms with Crippen molar-refractivity contribution in [3.8, 4) is 0 Å². The molecule has 1 aromatic carbocycles. The Kier molecular flexibility index (Phi) is 4.42. The number of nitrogens with zero attached hydrogens (tertiary/aromatic N) is 2. The van der Waals surface area contributed by atoms with E-state index >= 15 is 0 Å². The second kappa shape index (κ2) is 6.09. The number of carbonyl (C=O) groups excluding carboxylic acids is 1. The zero-order valence-electron chi connectivity index (χ0n) is 11.0. The molecule has 112 valence electrons. The molecule has 0 radical (unpaired) electrons. The molecule has 0 unspecified atom stereocenters. The molecule has 0 bridgehead atoms. The molecule has 1 N–H and O–H groups in total. The van der Waals surface area contributed by atoms with Gasteiger partial charge < -0.3 is 10.0 Å². The van der Waals surface area contributed by atoms with Crippen LogP contribution in [0, 0.1) is 0 Å². The highest BCUT2D eigenvalue weighted by molar-refractivity contribution is 5.94. The maximum atomic E-state index is 12.5. The summed E-state index contributed by atoms with van der Waals surface area (Å²) < 4.78 is 37.4. The normalized spacial score (nSPS) is 11.6. The largest absolute Gasteiger partial charge is 0.406 e. The molecule has 0 aliphatic carbocycles. The van der Waals surface area contributed by atoms with Crippen LogP contribution < -0.4 is 0 Å². The van der Waals surface area contributed by atoms with Crippen molar-refractivity contribution in [1.82, 2.24) is 9.88 Å². The van der Waals surface area contributed by atoms with Gasteiger partial charge in [0.2, 0.25) is 0 Å². The minimum atomic E-state index is -4.53. The Morgan fingerprint density at radius 1 is 1.19 bits per heavy atom. The Hall–Kier alpha value is -2.15. The quantitative estimate of drug-likeness (QED) is 0.941. The van der Waals surface area contributed by atoms with Crippen LogP contribution in [0.15, 0.2) is 36.4 Å². The zero-order chi connectivity index (χ0) is 15.5. The van der Waals surface area contributed by atoms with Crippen LogP contribution in [0.5, 0.6) is 0 Å². The highest BCUT2D eigenvalue weighted by atomic mass is 19.4. The van der Waals surface area contributed by atoms with E-state index in [4.69, 9.17) is 5.11 Å². The number of amides is 1. The molecule has 1 amide bonds. The molecule has 0 spiro atoms. The number of hydrogen-bond acceptors (Lipinski definition) is 3. The van der Waals surface area contributed by atoms with Gasteiger partial charge in [-0.05, 0) is 12.1 Å². The van der Waals surface area contributed by atoms with Crippen molar-refractivity contribution in [3.63, 3.8) is 0 Å². The monoisotopic (exact) mass is 298 g/mol. The maximum Gasteiger partial charge on any atom is 0.406 e. The number of para-hydroxylation sites is 1. The van der Waals surface area contributed by atoms with Gasteiger partial charge in [0.1, 0.15) is 12.2 Å². The Morgan fingerprint density at radius 2 is 1.90 bits per heavy atom. The van der Waals surface area contributed by atoms with Crippen LogP contribution >= 0.6 is 0 Å². The minimum Gasteiger partial charge on any atom is -0.395 e. The summed E-state index contributed by atoms with van der Waals surface area (Å²) in [5.74, 6) is -0.855. The Labute approximate surface area is 118 Å². The van der Waals surface area contributed by atoms with Crippen molar-refractivity contribution in [3.05, 3.63) is 42.1 Å². The summed E-state index contributed by atoms with van der Waals surface area (Å²) in [6.07, 6.45) is -4.53. The predicted molar refractivity (Wildman–Crippen MR) is 70.8 cm³/mol. The lowest BCUT2D eigenvalue weighted by atomic mass is 10.2. The van der Waals surface area contributed by atoms with Gasteiger partial charge in [-0.2, -0.15) is 13.2 Å². The van der Waals surface area contributed by atoms with Gasteiger partial charge in [0.15, 0.2) is 0 Å². The number of benzene rings is 1. The van der Waals surface area contributed by atoms with Crippen molar-refractivity contribution in [2.45, 2.75) is 6.18 Å². The Balaban J connectivity index is 2.29. The summed E-state index contributed by atoms with van der Waals surface area (Å²) in [5.41, 5.74) is 0.450. The van der Waals surface area contributed by atoms with Gasteiger partial charge in [0.25, 0.3) is 5.91 Å². The topological polar surface area (TPSA) is 53.4 Å². The van der Waals surface area contributed by atoms with Gasteiger partial charge in [-0.1, -0.05) is 24.3 Å². The summed E-state index contributed by atoms with van der Waals surface area (Å²) in [6, 6.07) is 9.99. The van der Waals surface area contributed by atoms with E-state index < -0.39 is 31.8 Å². The van der Waals surface area contributed by atoms with E-state index in [9.17, 15) is 18.0 Å². The summed E-state index contributed by atoms with van der Waals surface area (Å²) in [4.78, 5) is 16.7. The molecular weight excluding hydrogens is 285 g/mol. The first-order valence-electron chi connectivity index (χ1n) is 6.23. The molecule has 1 aromatic heterocycles. The van der Waals surface area contributed by atoms with Crippen molar-refractivity contribution in [2.24, 2.45) is 0 Å². The van der Waals surface area contributed by atoms with Crippen LogP contribution in [0.3, 0.4) is 0 Å². The predicted octanol–water partition coefficient (Wildman–Crippen LogP) is 2.23. The van der Waals surface area contributed by atoms with Gasteiger partial charge >= 0.3 is 6.18 Å². The van der Waals surface area contributed by atoms with Crippen LogP contribution in [0.4, 0.5) is 13.2 Å². The van der Waals surface area contributed by atoms with Crippen LogP contribution in [-0.2, 0) is 0 Å². The molecule has 21 heavy (non-hydrogen) atoms. The molecule has 1 heterocycles. The highest BCUT2D eigenvalue weighted by Gasteiger charge is 2.33. The molecular formula is C14H13F3N2O2. The standard InChI is InChI=1S/C14H13F3N2O2/c15-14(16,17)9-19(7-8-20)13(21)12-6-5-10-3-1-2-4-11(10)18-12/h1-6,20H,7-9H2. The van der Waals surface area contributed by atoms with E-state index in [2.05, 4.69) is 4.98 Å². The van der Waals surface area contributed by atoms with Gasteiger partial charge in [-0.3, -0.25) is 4.79 Å². The number of aliphatic hydroxyl groups excluding tert-OH is 1. The first kappa shape index (κ1) is 15.2. The smallest absolute Gasteiger partial charge is 0.395 e. The van der Waals surface area contributed by atoms with E-state index in [1.54, 1.807) is 30.3 Å². The molecule has 0 saturated heterocycles. The Morgan fingerprint density at radius 3 is 2.57 bits per heavy atom. The lowest BCUT2D eigenvalue weighted by molar-refractivity contribution is -0.141. The summed E-state index contributed by atoms with van der Waals surface area (Å²) >= 11 is 0. The first-order valence-corrected chi connectivity index (χ1v) is 6.23. The molecule has 0 atom stereocenters. The summed E-state index contributed by atoms with van der Waals surface area (Å²) in [5, 5.41) is 9.61. The third-order valence-electron chi connectivity index (χ3n) is 2.84. The third kappa shape index (κ3) is 3.91. The molecule has 0 aliphatic rings. The molecule has 2 rings (SSSR count). The number of carbonyl (C=O) groups is 1. The number of fused-ring (bicyclic) bond motifs is 1. The van der Waals surface area contributed by atoms with Gasteiger partial charge in [-0.25, -0.2) is 4.98 Å². The number of aliphatic hydroxyl groups is 1. The number of pyridine rings is 1. The fraction of sp³-hybridized carbons (Fsp3) is 0.286. The maximum absolute atomic E-state index is 12.5. The lowest BCUT2D eigenvalue weighted by Gasteiger charge is -2.22. The first-order chi connectivity index (χ1) is 9.90. The molecule has 0 saturated carbocycles. The number of rotatable bonds is 4. The molecule has 0 fully saturated rings. The summed E-state index contributed by atoms with van der Waals surface area (Å²) in [6.45, 7) is -2.36. The fourth-order valence-electron chi connectivity index (χ4n) is 1.94. The van der Waals surface area contributed by atoms with Gasteiger partial charge in [0.05, 0.1) is 12.1 Å². The van der Waals surface area contributed by atoms with Gasteiger partial charge in [-0.15, -0.1) is 0 Å². The van der Waals surface area contributed by atoms with Crippen LogP contribution in [0.25, 0.3) is 10.9 Å². The second-order valence-electron chi connectivity index (χ2n) is 4.45. The van der Waals surface area contributed by atoms with Crippen molar-refractivity contribution < 1.29 is 23.1 Å². The average Bonchev–Trinajstić information content (AvgIpc) is 2.44. The second-order valence-corrected chi connectivity index (χ2v) is 4.45. The average molecular weight is 298 g/mol. The zero-order valence-corrected chi connectivity index (χ0v) is 11.0. The van der Waals surface area contributed by atoms with Gasteiger partial charge in [0, 0.05) is 11.9 Å². The molecule has 0 aliphatic heterocycles. The van der Waals surface area contributed by atoms with E-state index in [0.717, 1.165) is 5.39 Å². The number of aromatic nitrogens is 1. The number of halogens is 3. The van der Waals surface area contributed by atoms with Crippen molar-refractivity contribution in [1.29, 1.82) is 0 Å². The lowest BCUT2D eigenvalue weighted by Crippen LogP contribution is -2.41. The van der Waals surface area contributed by atoms with E-state index in [1.165, 1.54) is 6.07 Å². The van der Waals surface area contributed by atoms with Crippen molar-refractivity contribution in [2.75, 3.05) is 19.7 Å². The highest BCUT2D eigenvalue weighted by Crippen LogP contribution is 2.18. The third-order valence-corrected chi connectivity index (χ3v) is 2.84. The van der Waals surface area contributed by atoms with Crippen LogP contribution in [-0.4, -0.2) is 46.8 Å². The van der Waals surface area contributed by atoms with Crippen molar-refractivity contribution >= 4 is 16.8 Å². The molecule has 7 heteroatoms. The van der Waals surface area contributed by atoms with E-state index in [0.29, 0.717) is 10.4 Å².